The lowest BCUT2D eigenvalue weighted by Gasteiger charge is -2.33. The maximum atomic E-state index is 14.2. The molecule has 11 heteroatoms. The standard InChI is InChI=1S/C31H28Cl2FN3O4S/c1-35-31(39)29(18-22-8-4-2-5-9-22)36(20-23-12-15-25(34)16-13-23)30(38)21-37(28-17-14-24(32)19-27(28)33)42(40,41)26-10-6-3-7-11-26/h2-17,19,29H,18,20-21H2,1H3,(H,35,39). The summed E-state index contributed by atoms with van der Waals surface area (Å²) in [5, 5.41) is 2.92. The Kier molecular flexibility index (Phi) is 10.2. The van der Waals surface area contributed by atoms with Crippen molar-refractivity contribution in [1.29, 1.82) is 0 Å². The number of nitrogens with one attached hydrogen (secondary N) is 1. The van der Waals surface area contributed by atoms with Crippen LogP contribution in [0.25, 0.3) is 0 Å². The van der Waals surface area contributed by atoms with Gasteiger partial charge in [0.05, 0.1) is 15.6 Å². The van der Waals surface area contributed by atoms with Crippen LogP contribution in [0.5, 0.6) is 0 Å². The van der Waals surface area contributed by atoms with Crippen LogP contribution in [-0.2, 0) is 32.6 Å². The maximum Gasteiger partial charge on any atom is 0.264 e. The summed E-state index contributed by atoms with van der Waals surface area (Å²) in [5.74, 6) is -1.58. The molecular formula is C31H28Cl2FN3O4S. The molecule has 0 aliphatic rings. The van der Waals surface area contributed by atoms with E-state index in [1.807, 2.05) is 30.3 Å². The minimum absolute atomic E-state index is 0.0204. The van der Waals surface area contributed by atoms with Crippen molar-refractivity contribution < 1.29 is 22.4 Å². The Hall–Kier alpha value is -3.92. The highest BCUT2D eigenvalue weighted by Gasteiger charge is 2.35. The van der Waals surface area contributed by atoms with E-state index in [4.69, 9.17) is 23.2 Å². The summed E-state index contributed by atoms with van der Waals surface area (Å²) in [7, 11) is -2.84. The van der Waals surface area contributed by atoms with Crippen LogP contribution in [-0.4, -0.2) is 44.8 Å². The average Bonchev–Trinajstić information content (AvgIpc) is 2.99. The fourth-order valence-corrected chi connectivity index (χ4v) is 6.44. The molecule has 1 atom stereocenters. The normalized spacial score (nSPS) is 11.9. The Labute approximate surface area is 254 Å². The van der Waals surface area contributed by atoms with Crippen LogP contribution >= 0.6 is 23.2 Å². The lowest BCUT2D eigenvalue weighted by atomic mass is 10.0. The number of benzene rings is 4. The number of carbonyl (C=O) groups is 2. The van der Waals surface area contributed by atoms with Crippen molar-refractivity contribution in [2.24, 2.45) is 0 Å². The summed E-state index contributed by atoms with van der Waals surface area (Å²) in [6.07, 6.45) is 0.153. The molecule has 0 saturated heterocycles. The first kappa shape index (κ1) is 31.0. The smallest absolute Gasteiger partial charge is 0.264 e. The SMILES string of the molecule is CNC(=O)C(Cc1ccccc1)N(Cc1ccc(F)cc1)C(=O)CN(c1ccc(Cl)cc1Cl)S(=O)(=O)c1ccccc1. The van der Waals surface area contributed by atoms with E-state index < -0.39 is 40.2 Å². The molecule has 218 valence electrons. The number of carbonyl (C=O) groups excluding carboxylic acids is 2. The number of hydrogen-bond acceptors (Lipinski definition) is 4. The van der Waals surface area contributed by atoms with E-state index in [9.17, 15) is 22.4 Å². The van der Waals surface area contributed by atoms with E-state index >= 15 is 0 Å². The van der Waals surface area contributed by atoms with Gasteiger partial charge in [-0.25, -0.2) is 12.8 Å². The number of sulfonamides is 1. The predicted octanol–water partition coefficient (Wildman–Crippen LogP) is 5.71. The monoisotopic (exact) mass is 627 g/mol. The highest BCUT2D eigenvalue weighted by molar-refractivity contribution is 7.92. The molecule has 0 bridgehead atoms. The van der Waals surface area contributed by atoms with E-state index in [1.54, 1.807) is 18.2 Å². The Bertz CT molecular complexity index is 1640. The number of rotatable bonds is 11. The van der Waals surface area contributed by atoms with Gasteiger partial charge in [-0.3, -0.25) is 13.9 Å². The van der Waals surface area contributed by atoms with E-state index in [-0.39, 0.29) is 33.6 Å². The fourth-order valence-electron chi connectivity index (χ4n) is 4.42. The average molecular weight is 629 g/mol. The number of anilines is 1. The van der Waals surface area contributed by atoms with Crippen molar-refractivity contribution in [2.75, 3.05) is 17.9 Å². The molecule has 0 radical (unpaired) electrons. The van der Waals surface area contributed by atoms with Crippen LogP contribution < -0.4 is 9.62 Å². The van der Waals surface area contributed by atoms with E-state index in [1.165, 1.54) is 66.5 Å². The minimum atomic E-state index is -4.30. The molecule has 2 amide bonds. The Morgan fingerprint density at radius 1 is 0.857 bits per heavy atom. The maximum absolute atomic E-state index is 14.2. The van der Waals surface area contributed by atoms with Gasteiger partial charge in [-0.15, -0.1) is 0 Å². The first-order valence-corrected chi connectivity index (χ1v) is 15.1. The van der Waals surface area contributed by atoms with Gasteiger partial charge in [-0.1, -0.05) is 83.9 Å². The highest BCUT2D eigenvalue weighted by Crippen LogP contribution is 2.33. The molecule has 0 spiro atoms. The molecule has 0 aromatic heterocycles. The zero-order chi connectivity index (χ0) is 30.3. The van der Waals surface area contributed by atoms with Crippen molar-refractivity contribution in [1.82, 2.24) is 10.2 Å². The first-order chi connectivity index (χ1) is 20.1. The van der Waals surface area contributed by atoms with Crippen molar-refractivity contribution in [3.63, 3.8) is 0 Å². The number of amides is 2. The summed E-state index contributed by atoms with van der Waals surface area (Å²) in [6.45, 7) is -0.764. The zero-order valence-electron chi connectivity index (χ0n) is 22.6. The summed E-state index contributed by atoms with van der Waals surface area (Å²) < 4.78 is 42.4. The number of hydrogen-bond donors (Lipinski definition) is 1. The van der Waals surface area contributed by atoms with Gasteiger partial charge in [0.1, 0.15) is 18.4 Å². The quantitative estimate of drug-likeness (QED) is 0.231. The van der Waals surface area contributed by atoms with Crippen LogP contribution in [0.2, 0.25) is 10.0 Å². The van der Waals surface area contributed by atoms with Crippen molar-refractivity contribution in [3.8, 4) is 0 Å². The zero-order valence-corrected chi connectivity index (χ0v) is 24.9. The molecule has 4 aromatic rings. The van der Waals surface area contributed by atoms with E-state index in [0.29, 0.717) is 5.56 Å². The van der Waals surface area contributed by atoms with Crippen LogP contribution in [0.3, 0.4) is 0 Å². The number of likely N-dealkylation sites (N-methyl/N-ethyl adjacent to an activating group) is 1. The summed E-state index contributed by atoms with van der Waals surface area (Å²) in [5.41, 5.74) is 1.38. The van der Waals surface area contributed by atoms with Crippen LogP contribution in [0.4, 0.5) is 10.1 Å². The second-order valence-corrected chi connectivity index (χ2v) is 12.1. The van der Waals surface area contributed by atoms with Gasteiger partial charge < -0.3 is 10.2 Å². The molecule has 0 saturated carbocycles. The van der Waals surface area contributed by atoms with Gasteiger partial charge in [0, 0.05) is 25.0 Å². The van der Waals surface area contributed by atoms with Crippen molar-refractivity contribution in [3.05, 3.63) is 130 Å². The first-order valence-electron chi connectivity index (χ1n) is 12.9. The predicted molar refractivity (Wildman–Crippen MR) is 162 cm³/mol. The minimum Gasteiger partial charge on any atom is -0.357 e. The van der Waals surface area contributed by atoms with Gasteiger partial charge in [0.2, 0.25) is 11.8 Å². The van der Waals surface area contributed by atoms with E-state index in [0.717, 1.165) is 9.87 Å². The highest BCUT2D eigenvalue weighted by atomic mass is 35.5. The van der Waals surface area contributed by atoms with Gasteiger partial charge in [-0.05, 0) is 53.6 Å². The Morgan fingerprint density at radius 2 is 1.48 bits per heavy atom. The largest absolute Gasteiger partial charge is 0.357 e. The van der Waals surface area contributed by atoms with Crippen LogP contribution in [0.1, 0.15) is 11.1 Å². The van der Waals surface area contributed by atoms with E-state index in [2.05, 4.69) is 5.32 Å². The molecular weight excluding hydrogens is 600 g/mol. The molecule has 0 heterocycles. The summed E-state index contributed by atoms with van der Waals surface area (Å²) >= 11 is 12.5. The molecule has 1 N–H and O–H groups in total. The van der Waals surface area contributed by atoms with Gasteiger partial charge in [0.25, 0.3) is 10.0 Å². The lowest BCUT2D eigenvalue weighted by molar-refractivity contribution is -0.139. The van der Waals surface area contributed by atoms with Gasteiger partial charge in [0.15, 0.2) is 0 Å². The molecule has 42 heavy (non-hydrogen) atoms. The molecule has 7 nitrogen and oxygen atoms in total. The topological polar surface area (TPSA) is 86.8 Å². The van der Waals surface area contributed by atoms with Crippen LogP contribution in [0, 0.1) is 5.82 Å². The molecule has 1 unspecified atom stereocenters. The summed E-state index contributed by atoms with van der Waals surface area (Å²) in [6, 6.07) is 25.5. The second kappa shape index (κ2) is 13.8. The third-order valence-corrected chi connectivity index (χ3v) is 8.88. The fraction of sp³-hybridized carbons (Fsp3) is 0.161. The lowest BCUT2D eigenvalue weighted by Crippen LogP contribution is -2.53. The molecule has 0 aliphatic heterocycles. The Balaban J connectivity index is 1.80. The third-order valence-electron chi connectivity index (χ3n) is 6.57. The third kappa shape index (κ3) is 7.47. The molecule has 4 aromatic carbocycles. The Morgan fingerprint density at radius 3 is 2.07 bits per heavy atom. The number of halogens is 3. The van der Waals surface area contributed by atoms with Gasteiger partial charge in [-0.2, -0.15) is 0 Å². The van der Waals surface area contributed by atoms with Crippen molar-refractivity contribution in [2.45, 2.75) is 23.9 Å². The van der Waals surface area contributed by atoms with Crippen LogP contribution in [0.15, 0.2) is 108 Å². The summed E-state index contributed by atoms with van der Waals surface area (Å²) in [4.78, 5) is 28.7. The van der Waals surface area contributed by atoms with Gasteiger partial charge >= 0.3 is 0 Å². The van der Waals surface area contributed by atoms with Crippen molar-refractivity contribution >= 4 is 50.7 Å². The molecule has 4 rings (SSSR count). The molecule has 0 fully saturated rings. The molecule has 0 aliphatic carbocycles. The number of nitrogens with zero attached hydrogens (tertiary/aromatic N) is 2. The second-order valence-electron chi connectivity index (χ2n) is 9.39.